The largest absolute Gasteiger partial charge is 0.385 e. The summed E-state index contributed by atoms with van der Waals surface area (Å²) in [6.07, 6.45) is -1.24. The number of aromatic nitrogens is 2. The summed E-state index contributed by atoms with van der Waals surface area (Å²) in [4.78, 5) is 29.6. The van der Waals surface area contributed by atoms with E-state index in [2.05, 4.69) is 20.6 Å². The SMILES string of the molecule is C[C@H](O)C(=O)[C@]1(N)CNc2nc(N)[nH]c(=O)c2N1. The topological polar surface area (TPSA) is 159 Å². The minimum absolute atomic E-state index is 0.0143. The van der Waals surface area contributed by atoms with Crippen LogP contribution in [0.15, 0.2) is 4.79 Å². The average Bonchev–Trinajstić information content (AvgIpc) is 2.29. The molecule has 1 aliphatic heterocycles. The summed E-state index contributed by atoms with van der Waals surface area (Å²) < 4.78 is 0. The van der Waals surface area contributed by atoms with Crippen LogP contribution in [0.1, 0.15) is 6.92 Å². The second kappa shape index (κ2) is 3.96. The Bertz CT molecular complexity index is 554. The van der Waals surface area contributed by atoms with Crippen LogP contribution in [0.3, 0.4) is 0 Å². The molecule has 98 valence electrons. The van der Waals surface area contributed by atoms with Gasteiger partial charge in [-0.1, -0.05) is 0 Å². The highest BCUT2D eigenvalue weighted by Crippen LogP contribution is 2.23. The number of aliphatic hydroxyl groups excluding tert-OH is 1. The van der Waals surface area contributed by atoms with E-state index in [-0.39, 0.29) is 24.0 Å². The molecule has 8 N–H and O–H groups in total. The Morgan fingerprint density at radius 3 is 2.89 bits per heavy atom. The van der Waals surface area contributed by atoms with Crippen molar-refractivity contribution in [1.82, 2.24) is 9.97 Å². The molecule has 9 heteroatoms. The summed E-state index contributed by atoms with van der Waals surface area (Å²) in [6.45, 7) is 1.29. The number of carbonyl (C=O) groups is 1. The molecule has 0 spiro atoms. The molecular formula is C9H14N6O3. The Morgan fingerprint density at radius 2 is 2.28 bits per heavy atom. The molecule has 0 unspecified atom stereocenters. The Morgan fingerprint density at radius 1 is 1.61 bits per heavy atom. The molecule has 0 amide bonds. The van der Waals surface area contributed by atoms with Gasteiger partial charge in [-0.25, -0.2) is 0 Å². The third-order valence-electron chi connectivity index (χ3n) is 2.64. The molecule has 18 heavy (non-hydrogen) atoms. The maximum Gasteiger partial charge on any atom is 0.277 e. The lowest BCUT2D eigenvalue weighted by Crippen LogP contribution is -2.64. The van der Waals surface area contributed by atoms with Gasteiger partial charge in [-0.05, 0) is 6.92 Å². The van der Waals surface area contributed by atoms with Gasteiger partial charge >= 0.3 is 0 Å². The van der Waals surface area contributed by atoms with E-state index in [1.165, 1.54) is 6.92 Å². The Labute approximate surface area is 102 Å². The number of ketones is 1. The number of rotatable bonds is 2. The first-order chi connectivity index (χ1) is 8.33. The smallest absolute Gasteiger partial charge is 0.277 e. The molecule has 0 bridgehead atoms. The fourth-order valence-electron chi connectivity index (χ4n) is 1.75. The minimum atomic E-state index is -1.56. The molecule has 1 aliphatic rings. The number of H-pyrrole nitrogens is 1. The van der Waals surface area contributed by atoms with Crippen molar-refractivity contribution in [2.24, 2.45) is 5.73 Å². The summed E-state index contributed by atoms with van der Waals surface area (Å²) in [5, 5.41) is 14.6. The lowest BCUT2D eigenvalue weighted by molar-refractivity contribution is -0.130. The Kier molecular flexibility index (Phi) is 2.71. The third kappa shape index (κ3) is 1.89. The normalized spacial score (nSPS) is 23.5. The summed E-state index contributed by atoms with van der Waals surface area (Å²) in [5.41, 5.74) is 9.13. The second-order valence-corrected chi connectivity index (χ2v) is 4.16. The number of aromatic amines is 1. The number of nitrogen functional groups attached to an aromatic ring is 1. The summed E-state index contributed by atoms with van der Waals surface area (Å²) in [7, 11) is 0. The number of carbonyl (C=O) groups excluding carboxylic acids is 1. The maximum atomic E-state index is 11.8. The van der Waals surface area contributed by atoms with Gasteiger partial charge in [-0.2, -0.15) is 4.98 Å². The minimum Gasteiger partial charge on any atom is -0.385 e. The fraction of sp³-hybridized carbons (Fsp3) is 0.444. The number of hydrogen-bond acceptors (Lipinski definition) is 8. The van der Waals surface area contributed by atoms with E-state index in [0.29, 0.717) is 0 Å². The van der Waals surface area contributed by atoms with Crippen molar-refractivity contribution >= 4 is 23.2 Å². The maximum absolute atomic E-state index is 11.8. The molecule has 2 rings (SSSR count). The molecule has 0 radical (unpaired) electrons. The van der Waals surface area contributed by atoms with Gasteiger partial charge in [0.25, 0.3) is 5.56 Å². The highest BCUT2D eigenvalue weighted by Gasteiger charge is 2.40. The van der Waals surface area contributed by atoms with Crippen LogP contribution in [0.5, 0.6) is 0 Å². The highest BCUT2D eigenvalue weighted by molar-refractivity contribution is 5.96. The molecule has 2 heterocycles. The molecule has 2 atom stereocenters. The zero-order valence-corrected chi connectivity index (χ0v) is 9.65. The van der Waals surface area contributed by atoms with Crippen LogP contribution in [-0.2, 0) is 4.79 Å². The van der Waals surface area contributed by atoms with Gasteiger partial charge in [0.2, 0.25) is 11.7 Å². The number of fused-ring (bicyclic) bond motifs is 1. The zero-order valence-electron chi connectivity index (χ0n) is 9.65. The molecule has 0 saturated heterocycles. The molecular weight excluding hydrogens is 240 g/mol. The first-order valence-electron chi connectivity index (χ1n) is 5.26. The highest BCUT2D eigenvalue weighted by atomic mass is 16.3. The van der Waals surface area contributed by atoms with Crippen molar-refractivity contribution in [1.29, 1.82) is 0 Å². The number of aliphatic hydroxyl groups is 1. The molecule has 0 aromatic carbocycles. The molecule has 9 nitrogen and oxygen atoms in total. The second-order valence-electron chi connectivity index (χ2n) is 4.16. The van der Waals surface area contributed by atoms with Crippen LogP contribution in [-0.4, -0.2) is 39.2 Å². The predicted molar refractivity (Wildman–Crippen MR) is 65.0 cm³/mol. The number of anilines is 3. The van der Waals surface area contributed by atoms with E-state index in [9.17, 15) is 14.7 Å². The van der Waals surface area contributed by atoms with Crippen LogP contribution < -0.4 is 27.7 Å². The van der Waals surface area contributed by atoms with Crippen LogP contribution in [0.25, 0.3) is 0 Å². The van der Waals surface area contributed by atoms with Gasteiger partial charge in [-0.3, -0.25) is 14.6 Å². The van der Waals surface area contributed by atoms with Crippen LogP contribution >= 0.6 is 0 Å². The van der Waals surface area contributed by atoms with Gasteiger partial charge in [0.1, 0.15) is 11.8 Å². The van der Waals surface area contributed by atoms with Crippen molar-refractivity contribution in [3.63, 3.8) is 0 Å². The van der Waals surface area contributed by atoms with E-state index < -0.39 is 23.1 Å². The quantitative estimate of drug-likeness (QED) is 0.346. The van der Waals surface area contributed by atoms with Crippen molar-refractivity contribution in [3.05, 3.63) is 10.4 Å². The van der Waals surface area contributed by atoms with E-state index >= 15 is 0 Å². The molecule has 0 fully saturated rings. The van der Waals surface area contributed by atoms with E-state index in [1.807, 2.05) is 0 Å². The van der Waals surface area contributed by atoms with Gasteiger partial charge in [0, 0.05) is 0 Å². The Hall–Kier alpha value is -2.13. The van der Waals surface area contributed by atoms with Crippen molar-refractivity contribution in [2.75, 3.05) is 22.9 Å². The van der Waals surface area contributed by atoms with E-state index in [4.69, 9.17) is 11.5 Å². The van der Waals surface area contributed by atoms with Gasteiger partial charge < -0.3 is 27.2 Å². The van der Waals surface area contributed by atoms with Crippen LogP contribution in [0.4, 0.5) is 17.5 Å². The molecule has 1 aromatic heterocycles. The lowest BCUT2D eigenvalue weighted by atomic mass is 9.99. The van der Waals surface area contributed by atoms with Crippen molar-refractivity contribution in [3.8, 4) is 0 Å². The fourth-order valence-corrected chi connectivity index (χ4v) is 1.75. The average molecular weight is 254 g/mol. The monoisotopic (exact) mass is 254 g/mol. The lowest BCUT2D eigenvalue weighted by Gasteiger charge is -2.35. The first kappa shape index (κ1) is 12.3. The first-order valence-corrected chi connectivity index (χ1v) is 5.26. The van der Waals surface area contributed by atoms with Gasteiger partial charge in [0.15, 0.2) is 11.5 Å². The molecule has 0 saturated carbocycles. The Balaban J connectivity index is 2.41. The summed E-state index contributed by atoms with van der Waals surface area (Å²) >= 11 is 0. The number of nitrogens with one attached hydrogen (secondary N) is 3. The van der Waals surface area contributed by atoms with Crippen molar-refractivity contribution < 1.29 is 9.90 Å². The van der Waals surface area contributed by atoms with Gasteiger partial charge in [-0.15, -0.1) is 0 Å². The zero-order chi connectivity index (χ0) is 13.5. The number of hydrogen-bond donors (Lipinski definition) is 6. The van der Waals surface area contributed by atoms with Crippen LogP contribution in [0.2, 0.25) is 0 Å². The standard InChI is InChI=1S/C9H14N6O3/c1-3(16)5(17)9(11)2-12-6-4(15-9)7(18)14-8(10)13-6/h3,15-16H,2,11H2,1H3,(H4,10,12,13,14,18)/t3-,9-/m0/s1. The number of Topliss-reactive ketones (excluding diaryl/α,β-unsaturated/α-hetero) is 1. The number of nitrogens with two attached hydrogens (primary N) is 2. The summed E-state index contributed by atoms with van der Waals surface area (Å²) in [6, 6.07) is 0. The van der Waals surface area contributed by atoms with E-state index in [1.54, 1.807) is 0 Å². The van der Waals surface area contributed by atoms with Crippen molar-refractivity contribution in [2.45, 2.75) is 18.7 Å². The molecule has 0 aliphatic carbocycles. The van der Waals surface area contributed by atoms with Crippen LogP contribution in [0, 0.1) is 0 Å². The predicted octanol–water partition coefficient (Wildman–Crippen LogP) is -2.21. The number of nitrogens with zero attached hydrogens (tertiary/aromatic N) is 1. The third-order valence-corrected chi connectivity index (χ3v) is 2.64. The van der Waals surface area contributed by atoms with E-state index in [0.717, 1.165) is 0 Å². The summed E-state index contributed by atoms with van der Waals surface area (Å²) in [5.74, 6) is -0.452. The molecule has 1 aromatic rings. The van der Waals surface area contributed by atoms with Gasteiger partial charge in [0.05, 0.1) is 6.54 Å².